The van der Waals surface area contributed by atoms with Gasteiger partial charge in [-0.2, -0.15) is 0 Å². The van der Waals surface area contributed by atoms with Crippen LogP contribution in [-0.2, 0) is 19.4 Å². The average molecular weight is 402 g/mol. The van der Waals surface area contributed by atoms with E-state index in [1.165, 1.54) is 5.56 Å². The molecular weight excluding hydrogens is 374 g/mol. The predicted octanol–water partition coefficient (Wildman–Crippen LogP) is 3.87. The third kappa shape index (κ3) is 4.32. The molecule has 30 heavy (non-hydrogen) atoms. The molecule has 3 aromatic rings. The normalized spacial score (nSPS) is 13.4. The van der Waals surface area contributed by atoms with Gasteiger partial charge in [-0.15, -0.1) is 0 Å². The Labute approximate surface area is 177 Å². The summed E-state index contributed by atoms with van der Waals surface area (Å²) < 4.78 is 0. The predicted molar refractivity (Wildman–Crippen MR) is 119 cm³/mol. The molecule has 0 fully saturated rings. The van der Waals surface area contributed by atoms with Crippen LogP contribution in [0.15, 0.2) is 42.6 Å². The van der Waals surface area contributed by atoms with E-state index in [1.54, 1.807) is 6.20 Å². The molecule has 0 amide bonds. The van der Waals surface area contributed by atoms with Gasteiger partial charge in [0.2, 0.25) is 5.95 Å². The lowest BCUT2D eigenvalue weighted by atomic mass is 9.98. The summed E-state index contributed by atoms with van der Waals surface area (Å²) in [5.74, 6) is 0.788. The van der Waals surface area contributed by atoms with E-state index in [9.17, 15) is 4.79 Å². The van der Waals surface area contributed by atoms with Crippen LogP contribution in [-0.4, -0.2) is 27.3 Å². The van der Waals surface area contributed by atoms with Gasteiger partial charge in [-0.25, -0.2) is 15.0 Å². The fraction of sp³-hybridized carbons (Fsp3) is 0.333. The average Bonchev–Trinajstić information content (AvgIpc) is 2.73. The summed E-state index contributed by atoms with van der Waals surface area (Å²) in [5, 5.41) is 0. The Morgan fingerprint density at radius 3 is 2.83 bits per heavy atom. The Kier molecular flexibility index (Phi) is 5.48. The minimum atomic E-state index is 0.0365. The Morgan fingerprint density at radius 1 is 1.20 bits per heavy atom. The Hall–Kier alpha value is -3.28. The van der Waals surface area contributed by atoms with Crippen molar-refractivity contribution in [2.24, 2.45) is 0 Å². The van der Waals surface area contributed by atoms with Crippen LogP contribution in [0.25, 0.3) is 0 Å². The van der Waals surface area contributed by atoms with Gasteiger partial charge < -0.3 is 10.6 Å². The minimum absolute atomic E-state index is 0.0365. The fourth-order valence-corrected chi connectivity index (χ4v) is 3.87. The fourth-order valence-electron chi connectivity index (χ4n) is 3.87. The van der Waals surface area contributed by atoms with E-state index in [4.69, 9.17) is 5.73 Å². The van der Waals surface area contributed by atoms with Gasteiger partial charge in [0.15, 0.2) is 5.78 Å². The first-order chi connectivity index (χ1) is 14.4. The highest BCUT2D eigenvalue weighted by atomic mass is 16.1. The van der Waals surface area contributed by atoms with E-state index in [2.05, 4.69) is 45.8 Å². The molecule has 0 spiro atoms. The number of rotatable bonds is 5. The molecule has 0 unspecified atom stereocenters. The van der Waals surface area contributed by atoms with Crippen molar-refractivity contribution in [1.29, 1.82) is 0 Å². The number of hydrogen-bond acceptors (Lipinski definition) is 6. The van der Waals surface area contributed by atoms with Gasteiger partial charge in [-0.1, -0.05) is 38.1 Å². The third-order valence-corrected chi connectivity index (χ3v) is 5.52. The number of fused-ring (bicyclic) bond motifs is 1. The second-order valence-electron chi connectivity index (χ2n) is 8.22. The molecule has 0 aliphatic carbocycles. The molecule has 4 rings (SSSR count). The maximum absolute atomic E-state index is 13.0. The number of anilines is 2. The van der Waals surface area contributed by atoms with Crippen molar-refractivity contribution in [3.8, 4) is 0 Å². The number of carbonyl (C=O) groups is 1. The Bertz CT molecular complexity index is 1090. The van der Waals surface area contributed by atoms with Gasteiger partial charge in [0.25, 0.3) is 0 Å². The maximum atomic E-state index is 13.0. The summed E-state index contributed by atoms with van der Waals surface area (Å²) in [4.78, 5) is 28.2. The summed E-state index contributed by atoms with van der Waals surface area (Å²) in [6.45, 7) is 7.76. The Balaban J connectivity index is 1.55. The zero-order valence-corrected chi connectivity index (χ0v) is 17.7. The zero-order chi connectivity index (χ0) is 21.3. The molecule has 1 aliphatic rings. The largest absolute Gasteiger partial charge is 0.368 e. The number of Topliss-reactive ketones (excluding diaryl/α,β-unsaturated/α-hetero) is 1. The number of nitrogens with zero attached hydrogens (tertiary/aromatic N) is 4. The second kappa shape index (κ2) is 8.22. The molecule has 0 radical (unpaired) electrons. The number of carbonyl (C=O) groups excluding carboxylic acids is 1. The number of nitrogen functional groups attached to an aromatic ring is 1. The monoisotopic (exact) mass is 401 g/mol. The first-order valence-electron chi connectivity index (χ1n) is 10.3. The molecule has 0 bridgehead atoms. The topological polar surface area (TPSA) is 85.0 Å². The van der Waals surface area contributed by atoms with Gasteiger partial charge in [-0.3, -0.25) is 4.79 Å². The number of aromatic nitrogens is 3. The molecule has 6 heteroatoms. The highest BCUT2D eigenvalue weighted by Gasteiger charge is 2.20. The van der Waals surface area contributed by atoms with Crippen molar-refractivity contribution in [1.82, 2.24) is 15.0 Å². The van der Waals surface area contributed by atoms with Gasteiger partial charge >= 0.3 is 0 Å². The number of pyridine rings is 1. The first-order valence-corrected chi connectivity index (χ1v) is 10.3. The lowest BCUT2D eigenvalue weighted by Crippen LogP contribution is -2.31. The molecule has 2 aromatic heterocycles. The van der Waals surface area contributed by atoms with Crippen molar-refractivity contribution in [2.45, 2.75) is 46.1 Å². The summed E-state index contributed by atoms with van der Waals surface area (Å²) in [6.07, 6.45) is 2.95. The highest BCUT2D eigenvalue weighted by molar-refractivity contribution is 5.96. The highest BCUT2D eigenvalue weighted by Crippen LogP contribution is 2.25. The van der Waals surface area contributed by atoms with Crippen LogP contribution in [0.2, 0.25) is 0 Å². The number of ketones is 1. The van der Waals surface area contributed by atoms with Crippen molar-refractivity contribution < 1.29 is 4.79 Å². The summed E-state index contributed by atoms with van der Waals surface area (Å²) in [5.41, 5.74) is 12.4. The summed E-state index contributed by atoms with van der Waals surface area (Å²) >= 11 is 0. The van der Waals surface area contributed by atoms with Crippen LogP contribution in [0, 0.1) is 6.92 Å². The summed E-state index contributed by atoms with van der Waals surface area (Å²) in [6, 6.07) is 12.2. The van der Waals surface area contributed by atoms with Crippen LogP contribution in [0.5, 0.6) is 0 Å². The van der Waals surface area contributed by atoms with Crippen LogP contribution >= 0.6 is 0 Å². The number of aryl methyl sites for hydroxylation is 1. The quantitative estimate of drug-likeness (QED) is 0.653. The van der Waals surface area contributed by atoms with Crippen molar-refractivity contribution >= 4 is 17.4 Å². The molecule has 0 saturated heterocycles. The van der Waals surface area contributed by atoms with Crippen molar-refractivity contribution in [2.75, 3.05) is 17.2 Å². The molecule has 6 nitrogen and oxygen atoms in total. The van der Waals surface area contributed by atoms with Gasteiger partial charge in [0.05, 0.1) is 5.69 Å². The van der Waals surface area contributed by atoms with Crippen LogP contribution in [0.4, 0.5) is 11.6 Å². The molecule has 154 valence electrons. The van der Waals surface area contributed by atoms with E-state index >= 15 is 0 Å². The molecule has 1 aromatic carbocycles. The minimum Gasteiger partial charge on any atom is -0.368 e. The molecule has 0 atom stereocenters. The molecule has 2 N–H and O–H groups in total. The second-order valence-corrected chi connectivity index (χ2v) is 8.22. The lowest BCUT2D eigenvalue weighted by molar-refractivity contribution is 0.0988. The first kappa shape index (κ1) is 20.0. The van der Waals surface area contributed by atoms with Crippen molar-refractivity contribution in [3.63, 3.8) is 0 Å². The van der Waals surface area contributed by atoms with E-state index in [0.717, 1.165) is 41.2 Å². The number of hydrogen-bond donors (Lipinski definition) is 1. The number of benzene rings is 1. The van der Waals surface area contributed by atoms with Crippen molar-refractivity contribution in [3.05, 3.63) is 76.4 Å². The van der Waals surface area contributed by atoms with E-state index < -0.39 is 0 Å². The summed E-state index contributed by atoms with van der Waals surface area (Å²) in [7, 11) is 0. The number of nitrogens with two attached hydrogens (primary N) is 1. The smallest absolute Gasteiger partial charge is 0.220 e. The third-order valence-electron chi connectivity index (χ3n) is 5.52. The lowest BCUT2D eigenvalue weighted by Gasteiger charge is -2.30. The van der Waals surface area contributed by atoms with Crippen LogP contribution in [0.1, 0.15) is 58.3 Å². The van der Waals surface area contributed by atoms with Crippen LogP contribution in [0.3, 0.4) is 0 Å². The van der Waals surface area contributed by atoms with E-state index in [1.807, 2.05) is 31.2 Å². The molecule has 0 saturated carbocycles. The van der Waals surface area contributed by atoms with Crippen LogP contribution < -0.4 is 10.6 Å². The SMILES string of the molecule is Cc1cc(N2CCc3nc(N)ncc3C2)cc(C(=O)Cc2cccc(C(C)C)c2)n1. The standard InChI is InChI=1S/C24H27N5O/c1-15(2)18-6-4-5-17(10-18)11-23(30)22-12-20(9-16(3)27-22)29-8-7-21-19(14-29)13-26-24(25)28-21/h4-6,9-10,12-13,15H,7-8,11,14H2,1-3H3,(H2,25,26,28). The van der Waals surface area contributed by atoms with Gasteiger partial charge in [-0.05, 0) is 36.1 Å². The Morgan fingerprint density at radius 2 is 2.03 bits per heavy atom. The van der Waals surface area contributed by atoms with Gasteiger partial charge in [0.1, 0.15) is 5.69 Å². The molecular formula is C24H27N5O. The maximum Gasteiger partial charge on any atom is 0.220 e. The molecule has 1 aliphatic heterocycles. The van der Waals surface area contributed by atoms with Gasteiger partial charge in [0, 0.05) is 49.1 Å². The van der Waals surface area contributed by atoms with E-state index in [-0.39, 0.29) is 5.78 Å². The molecule has 3 heterocycles. The zero-order valence-electron chi connectivity index (χ0n) is 17.7. The van der Waals surface area contributed by atoms with E-state index in [0.29, 0.717) is 30.5 Å².